The zero-order valence-corrected chi connectivity index (χ0v) is 12.7. The minimum atomic E-state index is 0.543. The molecule has 1 N–H and O–H groups in total. The third kappa shape index (κ3) is 2.44. The number of nitrogens with one attached hydrogen (secondary N) is 1. The van der Waals surface area contributed by atoms with Crippen LogP contribution in [0, 0.1) is 13.8 Å². The molecule has 0 unspecified atom stereocenters. The molecule has 0 atom stereocenters. The lowest BCUT2D eigenvalue weighted by atomic mass is 10.2. The van der Waals surface area contributed by atoms with Gasteiger partial charge in [0.15, 0.2) is 11.5 Å². The van der Waals surface area contributed by atoms with Crippen LogP contribution in [0.15, 0.2) is 30.7 Å². The zero-order chi connectivity index (χ0) is 15.8. The molecule has 0 spiro atoms. The van der Waals surface area contributed by atoms with Crippen LogP contribution in [0.1, 0.15) is 17.2 Å². The zero-order valence-electron chi connectivity index (χ0n) is 12.7. The van der Waals surface area contributed by atoms with Crippen LogP contribution in [0.3, 0.4) is 0 Å². The van der Waals surface area contributed by atoms with Crippen molar-refractivity contribution < 1.29 is 0 Å². The van der Waals surface area contributed by atoms with E-state index >= 15 is 0 Å². The third-order valence-electron chi connectivity index (χ3n) is 3.50. The second-order valence-corrected chi connectivity index (χ2v) is 5.25. The number of aromatic amines is 1. The van der Waals surface area contributed by atoms with Gasteiger partial charge in [-0.1, -0.05) is 0 Å². The third-order valence-corrected chi connectivity index (χ3v) is 3.50. The summed E-state index contributed by atoms with van der Waals surface area (Å²) >= 11 is 0. The SMILES string of the molecule is Cc1ncc(Cn2nc(-c3nc(C)n[nH]3)c3cccnc32)cn1. The molecule has 0 amide bonds. The van der Waals surface area contributed by atoms with Gasteiger partial charge in [-0.3, -0.25) is 5.10 Å². The van der Waals surface area contributed by atoms with Gasteiger partial charge in [0.1, 0.15) is 17.3 Å². The summed E-state index contributed by atoms with van der Waals surface area (Å²) in [5.41, 5.74) is 2.49. The predicted octanol–water partition coefficient (Wildman–Crippen LogP) is 1.67. The van der Waals surface area contributed by atoms with Crippen LogP contribution >= 0.6 is 0 Å². The molecule has 0 aliphatic rings. The van der Waals surface area contributed by atoms with Gasteiger partial charge >= 0.3 is 0 Å². The van der Waals surface area contributed by atoms with Gasteiger partial charge < -0.3 is 0 Å². The largest absolute Gasteiger partial charge is 0.258 e. The lowest BCUT2D eigenvalue weighted by Gasteiger charge is -2.02. The number of hydrogen-bond acceptors (Lipinski definition) is 6. The molecule has 23 heavy (non-hydrogen) atoms. The quantitative estimate of drug-likeness (QED) is 0.618. The van der Waals surface area contributed by atoms with Crippen LogP contribution < -0.4 is 0 Å². The van der Waals surface area contributed by atoms with Gasteiger partial charge in [-0.25, -0.2) is 24.6 Å². The number of aryl methyl sites for hydroxylation is 2. The molecule has 8 heteroatoms. The maximum atomic E-state index is 4.66. The Balaban J connectivity index is 1.82. The second-order valence-electron chi connectivity index (χ2n) is 5.25. The van der Waals surface area contributed by atoms with E-state index in [0.29, 0.717) is 18.2 Å². The molecule has 114 valence electrons. The maximum Gasteiger partial charge on any atom is 0.177 e. The van der Waals surface area contributed by atoms with Crippen molar-refractivity contribution >= 4 is 11.0 Å². The van der Waals surface area contributed by atoms with Crippen molar-refractivity contribution in [1.82, 2.24) is 39.9 Å². The standard InChI is InChI=1S/C15H14N8/c1-9-17-6-11(7-18-9)8-23-15-12(4-3-5-16-15)13(22-23)14-19-10(2)20-21-14/h3-7H,8H2,1-2H3,(H,19,20,21). The van der Waals surface area contributed by atoms with Crippen LogP contribution in [0.5, 0.6) is 0 Å². The Bertz CT molecular complexity index is 967. The van der Waals surface area contributed by atoms with E-state index in [1.54, 1.807) is 18.6 Å². The summed E-state index contributed by atoms with van der Waals surface area (Å²) in [6, 6.07) is 3.86. The van der Waals surface area contributed by atoms with Crippen LogP contribution in [0.4, 0.5) is 0 Å². The molecule has 0 saturated heterocycles. The lowest BCUT2D eigenvalue weighted by Crippen LogP contribution is -2.04. The monoisotopic (exact) mass is 306 g/mol. The summed E-state index contributed by atoms with van der Waals surface area (Å²) in [6.07, 6.45) is 5.36. The Kier molecular flexibility index (Phi) is 3.07. The minimum absolute atomic E-state index is 0.543. The van der Waals surface area contributed by atoms with Gasteiger partial charge in [-0.2, -0.15) is 10.2 Å². The molecule has 0 saturated carbocycles. The minimum Gasteiger partial charge on any atom is -0.258 e. The number of aromatic nitrogens is 8. The van der Waals surface area contributed by atoms with Gasteiger partial charge in [0.2, 0.25) is 0 Å². The number of H-pyrrole nitrogens is 1. The van der Waals surface area contributed by atoms with E-state index in [1.165, 1.54) is 0 Å². The molecule has 4 heterocycles. The van der Waals surface area contributed by atoms with Crippen LogP contribution in [0.2, 0.25) is 0 Å². The summed E-state index contributed by atoms with van der Waals surface area (Å²) in [7, 11) is 0. The van der Waals surface area contributed by atoms with Gasteiger partial charge in [-0.05, 0) is 26.0 Å². The fourth-order valence-corrected chi connectivity index (χ4v) is 2.42. The van der Waals surface area contributed by atoms with E-state index in [2.05, 4.69) is 35.2 Å². The van der Waals surface area contributed by atoms with Gasteiger partial charge in [0.05, 0.1) is 11.9 Å². The van der Waals surface area contributed by atoms with E-state index in [0.717, 1.165) is 28.1 Å². The van der Waals surface area contributed by atoms with Gasteiger partial charge in [-0.15, -0.1) is 0 Å². The Labute approximate surface area is 131 Å². The van der Waals surface area contributed by atoms with Crippen molar-refractivity contribution in [3.8, 4) is 11.5 Å². The van der Waals surface area contributed by atoms with E-state index < -0.39 is 0 Å². The molecule has 4 aromatic rings. The fraction of sp³-hybridized carbons (Fsp3) is 0.200. The molecule has 0 aliphatic heterocycles. The van der Waals surface area contributed by atoms with Crippen LogP contribution in [0.25, 0.3) is 22.6 Å². The fourth-order valence-electron chi connectivity index (χ4n) is 2.42. The topological polar surface area (TPSA) is 98.1 Å². The molecular weight excluding hydrogens is 292 g/mol. The van der Waals surface area contributed by atoms with Crippen LogP contribution in [-0.4, -0.2) is 39.9 Å². The smallest absolute Gasteiger partial charge is 0.177 e. The molecule has 0 radical (unpaired) electrons. The van der Waals surface area contributed by atoms with E-state index in [9.17, 15) is 0 Å². The second kappa shape index (κ2) is 5.24. The molecule has 4 aromatic heterocycles. The van der Waals surface area contributed by atoms with E-state index in [1.807, 2.05) is 30.7 Å². The first-order chi connectivity index (χ1) is 11.2. The molecule has 0 aromatic carbocycles. The highest BCUT2D eigenvalue weighted by atomic mass is 15.3. The number of rotatable bonds is 3. The number of nitrogens with zero attached hydrogens (tertiary/aromatic N) is 7. The van der Waals surface area contributed by atoms with Crippen molar-refractivity contribution in [3.63, 3.8) is 0 Å². The summed E-state index contributed by atoms with van der Waals surface area (Å²) in [5, 5.41) is 12.6. The van der Waals surface area contributed by atoms with Gasteiger partial charge in [0.25, 0.3) is 0 Å². The summed E-state index contributed by atoms with van der Waals surface area (Å²) in [5.74, 6) is 2.06. The first-order valence-corrected chi connectivity index (χ1v) is 7.19. The molecule has 0 fully saturated rings. The average Bonchev–Trinajstić information content (AvgIpc) is 3.14. The summed E-state index contributed by atoms with van der Waals surface area (Å²) < 4.78 is 1.83. The molecule has 8 nitrogen and oxygen atoms in total. The number of fused-ring (bicyclic) bond motifs is 1. The normalized spacial score (nSPS) is 11.2. The van der Waals surface area contributed by atoms with Crippen molar-refractivity contribution in [2.24, 2.45) is 0 Å². The van der Waals surface area contributed by atoms with Gasteiger partial charge in [0, 0.05) is 24.2 Å². The molecule has 0 bridgehead atoms. The summed E-state index contributed by atoms with van der Waals surface area (Å²) in [4.78, 5) is 17.3. The number of hydrogen-bond donors (Lipinski definition) is 1. The van der Waals surface area contributed by atoms with Crippen molar-refractivity contribution in [2.75, 3.05) is 0 Å². The van der Waals surface area contributed by atoms with Crippen molar-refractivity contribution in [2.45, 2.75) is 20.4 Å². The van der Waals surface area contributed by atoms with E-state index in [4.69, 9.17) is 0 Å². The average molecular weight is 306 g/mol. The highest BCUT2D eigenvalue weighted by Gasteiger charge is 2.16. The Hall–Kier alpha value is -3.16. The Morgan fingerprint density at radius 3 is 2.65 bits per heavy atom. The summed E-state index contributed by atoms with van der Waals surface area (Å²) in [6.45, 7) is 4.24. The Morgan fingerprint density at radius 1 is 1.09 bits per heavy atom. The highest BCUT2D eigenvalue weighted by molar-refractivity contribution is 5.89. The first-order valence-electron chi connectivity index (χ1n) is 7.19. The first kappa shape index (κ1) is 13.5. The molecular formula is C15H14N8. The highest BCUT2D eigenvalue weighted by Crippen LogP contribution is 2.24. The molecule has 4 rings (SSSR count). The van der Waals surface area contributed by atoms with Crippen molar-refractivity contribution in [1.29, 1.82) is 0 Å². The number of pyridine rings is 1. The van der Waals surface area contributed by atoms with E-state index in [-0.39, 0.29) is 0 Å². The predicted molar refractivity (Wildman–Crippen MR) is 83.5 cm³/mol. The maximum absolute atomic E-state index is 4.66. The Morgan fingerprint density at radius 2 is 1.91 bits per heavy atom. The lowest BCUT2D eigenvalue weighted by molar-refractivity contribution is 0.699. The molecule has 0 aliphatic carbocycles. The van der Waals surface area contributed by atoms with Crippen LogP contribution in [-0.2, 0) is 6.54 Å². The van der Waals surface area contributed by atoms with Crippen molar-refractivity contribution in [3.05, 3.63) is 47.9 Å².